The molecule has 2 aromatic heterocycles. The van der Waals surface area contributed by atoms with Crippen LogP contribution in [0.5, 0.6) is 11.5 Å². The highest BCUT2D eigenvalue weighted by Gasteiger charge is 2.44. The standard InChI is InChI=1S/C52H66N8O7S/c1-34-47(68-33-56-34)38-24-22-37(23-25-38)31-55-50(65)42-28-39(61)32-60(42)51(66)48(52(2,3)4)57-46(64)17-11-9-7-5-6-8-10-16-45(63)54-30-36-20-18-35(19-21-36)26-27-67-44-29-41(58-59-49(44)53)40-14-12-13-15-43(40)62/h12-15,18-25,29,33,39,42,48,61-62H,5-11,16-17,26-28,30-32H2,1-4H3,(H2,53,59)(H,54,63)(H,55,65)(H,57,64)/t39-,42+,48-/m1/s1. The SMILES string of the molecule is Cc1ncsc1-c1ccc(CNC(=O)[C@@H]2C[C@@H](O)CN2C(=O)[C@@H](NC(=O)CCCCCCCCCC(=O)NCc2ccc(CCOc3cc(-c4ccccc4O)nnc3N)cc2)C(C)(C)C)cc1. The molecule has 5 aromatic rings. The van der Waals surface area contributed by atoms with E-state index in [4.69, 9.17) is 10.5 Å². The number of rotatable bonds is 23. The quantitative estimate of drug-likeness (QED) is 0.0354. The van der Waals surface area contributed by atoms with Crippen LogP contribution in [0.4, 0.5) is 5.82 Å². The molecule has 0 unspecified atom stereocenters. The van der Waals surface area contributed by atoms with Crippen LogP contribution >= 0.6 is 11.3 Å². The Balaban J connectivity index is 0.817. The highest BCUT2D eigenvalue weighted by molar-refractivity contribution is 7.13. The molecule has 0 saturated carbocycles. The Kier molecular flexibility index (Phi) is 18.4. The largest absolute Gasteiger partial charge is 0.507 e. The van der Waals surface area contributed by atoms with Gasteiger partial charge in [0.15, 0.2) is 11.6 Å². The van der Waals surface area contributed by atoms with Gasteiger partial charge in [0.25, 0.3) is 0 Å². The first-order valence-corrected chi connectivity index (χ1v) is 24.5. The number of aromatic hydroxyl groups is 1. The number of phenols is 1. The van der Waals surface area contributed by atoms with Crippen molar-refractivity contribution in [2.45, 2.75) is 130 Å². The number of ether oxygens (including phenoxy) is 1. The van der Waals surface area contributed by atoms with Gasteiger partial charge in [0.05, 0.1) is 28.8 Å². The van der Waals surface area contributed by atoms with Crippen LogP contribution in [0, 0.1) is 12.3 Å². The van der Waals surface area contributed by atoms with Gasteiger partial charge in [-0.2, -0.15) is 0 Å². The second kappa shape index (κ2) is 24.6. The van der Waals surface area contributed by atoms with Crippen LogP contribution in [0.1, 0.15) is 107 Å². The monoisotopic (exact) mass is 946 g/mol. The zero-order valence-corrected chi connectivity index (χ0v) is 40.4. The van der Waals surface area contributed by atoms with Crippen molar-refractivity contribution in [2.75, 3.05) is 18.9 Å². The molecule has 362 valence electrons. The number of unbranched alkanes of at least 4 members (excludes halogenated alkanes) is 6. The number of para-hydroxylation sites is 1. The average molecular weight is 947 g/mol. The molecule has 0 radical (unpaired) electrons. The Morgan fingerprint density at radius 2 is 1.46 bits per heavy atom. The Morgan fingerprint density at radius 1 is 0.838 bits per heavy atom. The number of phenolic OH excluding ortho intramolecular Hbond substituents is 1. The maximum atomic E-state index is 14.0. The van der Waals surface area contributed by atoms with Gasteiger partial charge in [-0.05, 0) is 59.6 Å². The third-order valence-corrected chi connectivity index (χ3v) is 13.1. The number of likely N-dealkylation sites (tertiary alicyclic amines) is 1. The number of carbonyl (C=O) groups is 4. The van der Waals surface area contributed by atoms with Crippen molar-refractivity contribution in [2.24, 2.45) is 5.41 Å². The molecule has 1 fully saturated rings. The molecule has 3 heterocycles. The van der Waals surface area contributed by atoms with E-state index >= 15 is 0 Å². The van der Waals surface area contributed by atoms with Crippen molar-refractivity contribution in [3.05, 3.63) is 107 Å². The lowest BCUT2D eigenvalue weighted by Gasteiger charge is -2.35. The number of amides is 4. The number of aryl methyl sites for hydroxylation is 1. The first-order chi connectivity index (χ1) is 32.7. The molecular weight excluding hydrogens is 881 g/mol. The number of hydrogen-bond donors (Lipinski definition) is 6. The van der Waals surface area contributed by atoms with Crippen molar-refractivity contribution < 1.29 is 34.1 Å². The molecule has 6 rings (SSSR count). The highest BCUT2D eigenvalue weighted by Crippen LogP contribution is 2.32. The summed E-state index contributed by atoms with van der Waals surface area (Å²) >= 11 is 1.58. The lowest BCUT2D eigenvalue weighted by Crippen LogP contribution is -2.57. The van der Waals surface area contributed by atoms with Gasteiger partial charge in [-0.1, -0.05) is 114 Å². The number of aromatic nitrogens is 3. The third-order valence-electron chi connectivity index (χ3n) is 12.1. The van der Waals surface area contributed by atoms with Gasteiger partial charge in [-0.3, -0.25) is 19.2 Å². The zero-order chi connectivity index (χ0) is 48.6. The molecule has 1 aliphatic rings. The van der Waals surface area contributed by atoms with Crippen molar-refractivity contribution in [1.82, 2.24) is 36.0 Å². The van der Waals surface area contributed by atoms with Gasteiger partial charge in [0, 0.05) is 56.9 Å². The van der Waals surface area contributed by atoms with Crippen LogP contribution in [0.2, 0.25) is 0 Å². The molecule has 0 bridgehead atoms. The fourth-order valence-electron chi connectivity index (χ4n) is 8.18. The summed E-state index contributed by atoms with van der Waals surface area (Å²) in [6.07, 6.45) is 6.98. The number of nitrogens with one attached hydrogen (secondary N) is 3. The van der Waals surface area contributed by atoms with Crippen molar-refractivity contribution in [1.29, 1.82) is 0 Å². The molecule has 4 amide bonds. The summed E-state index contributed by atoms with van der Waals surface area (Å²) in [5.41, 5.74) is 13.2. The van der Waals surface area contributed by atoms with Gasteiger partial charge < -0.3 is 41.5 Å². The van der Waals surface area contributed by atoms with E-state index in [0.717, 1.165) is 71.3 Å². The minimum absolute atomic E-state index is 0.0206. The molecule has 16 heteroatoms. The Labute approximate surface area is 403 Å². The molecule has 1 aliphatic heterocycles. The Bertz CT molecular complexity index is 2460. The van der Waals surface area contributed by atoms with E-state index in [0.29, 0.717) is 49.4 Å². The molecule has 7 N–H and O–H groups in total. The number of thiazole rings is 1. The van der Waals surface area contributed by atoms with E-state index in [9.17, 15) is 29.4 Å². The first kappa shape index (κ1) is 51.0. The minimum atomic E-state index is -0.862. The van der Waals surface area contributed by atoms with E-state index in [1.165, 1.54) is 4.90 Å². The number of aliphatic hydroxyl groups excluding tert-OH is 1. The maximum absolute atomic E-state index is 14.0. The highest BCUT2D eigenvalue weighted by atomic mass is 32.1. The fraction of sp³-hybridized carbons (Fsp3) is 0.442. The van der Waals surface area contributed by atoms with Crippen LogP contribution in [0.25, 0.3) is 21.7 Å². The van der Waals surface area contributed by atoms with E-state index < -0.39 is 23.6 Å². The predicted octanol–water partition coefficient (Wildman–Crippen LogP) is 7.42. The van der Waals surface area contributed by atoms with Crippen molar-refractivity contribution in [3.63, 3.8) is 0 Å². The first-order valence-electron chi connectivity index (χ1n) is 23.6. The molecule has 15 nitrogen and oxygen atoms in total. The Morgan fingerprint density at radius 3 is 2.10 bits per heavy atom. The van der Waals surface area contributed by atoms with E-state index in [-0.39, 0.29) is 61.1 Å². The lowest BCUT2D eigenvalue weighted by molar-refractivity contribution is -0.144. The van der Waals surface area contributed by atoms with E-state index in [1.807, 2.05) is 81.7 Å². The zero-order valence-electron chi connectivity index (χ0n) is 39.6. The average Bonchev–Trinajstić information content (AvgIpc) is 3.94. The van der Waals surface area contributed by atoms with Crippen LogP contribution in [-0.2, 0) is 38.7 Å². The molecule has 0 aliphatic carbocycles. The molecule has 0 spiro atoms. The van der Waals surface area contributed by atoms with Gasteiger partial charge in [-0.15, -0.1) is 21.5 Å². The van der Waals surface area contributed by atoms with Gasteiger partial charge >= 0.3 is 0 Å². The summed E-state index contributed by atoms with van der Waals surface area (Å²) in [4.78, 5) is 59.9. The summed E-state index contributed by atoms with van der Waals surface area (Å²) in [7, 11) is 0. The minimum Gasteiger partial charge on any atom is -0.507 e. The molecule has 3 aromatic carbocycles. The molecule has 3 atom stereocenters. The summed E-state index contributed by atoms with van der Waals surface area (Å²) in [6.45, 7) is 8.75. The van der Waals surface area contributed by atoms with Gasteiger partial charge in [0.1, 0.15) is 23.5 Å². The van der Waals surface area contributed by atoms with Crippen LogP contribution < -0.4 is 26.4 Å². The second-order valence-corrected chi connectivity index (χ2v) is 19.5. The van der Waals surface area contributed by atoms with Crippen molar-refractivity contribution >= 4 is 40.8 Å². The summed E-state index contributed by atoms with van der Waals surface area (Å²) in [5.74, 6) is -0.239. The fourth-order valence-corrected chi connectivity index (χ4v) is 8.99. The lowest BCUT2D eigenvalue weighted by atomic mass is 9.85. The number of β-amino-alcohol motifs (C(OH)–C–C–N with tert-alkyl or cyclic N) is 1. The molecular formula is C52H66N8O7S. The maximum Gasteiger partial charge on any atom is 0.246 e. The van der Waals surface area contributed by atoms with Gasteiger partial charge in [-0.25, -0.2) is 4.98 Å². The topological polar surface area (TPSA) is 222 Å². The number of aliphatic hydroxyl groups is 1. The van der Waals surface area contributed by atoms with Crippen LogP contribution in [0.3, 0.4) is 0 Å². The van der Waals surface area contributed by atoms with Crippen LogP contribution in [0.15, 0.2) is 84.4 Å². The Hall–Kier alpha value is -6.39. The number of carbonyl (C=O) groups excluding carboxylic acids is 4. The molecule has 1 saturated heterocycles. The molecule has 68 heavy (non-hydrogen) atoms. The number of hydrogen-bond acceptors (Lipinski definition) is 12. The summed E-state index contributed by atoms with van der Waals surface area (Å²) in [5, 5.41) is 37.7. The number of nitrogens with zero attached hydrogens (tertiary/aromatic N) is 4. The number of anilines is 1. The predicted molar refractivity (Wildman–Crippen MR) is 264 cm³/mol. The van der Waals surface area contributed by atoms with E-state index in [1.54, 1.807) is 41.7 Å². The number of nitrogen functional groups attached to an aromatic ring is 1. The smallest absolute Gasteiger partial charge is 0.246 e. The number of benzene rings is 3. The third kappa shape index (κ3) is 14.8. The van der Waals surface area contributed by atoms with Gasteiger partial charge in [0.2, 0.25) is 23.6 Å². The number of nitrogens with two attached hydrogens (primary N) is 1. The summed E-state index contributed by atoms with van der Waals surface area (Å²) in [6, 6.07) is 22.8. The second-order valence-electron chi connectivity index (χ2n) is 18.6. The normalized spacial score (nSPS) is 15.2. The van der Waals surface area contributed by atoms with Crippen molar-refractivity contribution in [3.8, 4) is 33.2 Å². The summed E-state index contributed by atoms with van der Waals surface area (Å²) < 4.78 is 5.91. The van der Waals surface area contributed by atoms with Crippen LogP contribution in [-0.4, -0.2) is 85.3 Å². The van der Waals surface area contributed by atoms with E-state index in [2.05, 4.69) is 31.1 Å².